The fourth-order valence-corrected chi connectivity index (χ4v) is 5.77. The molecule has 8 heteroatoms. The second-order valence-corrected chi connectivity index (χ2v) is 14.9. The number of carboxylic acid groups (broad SMARTS) is 1. The van der Waals surface area contributed by atoms with E-state index in [-0.39, 0.29) is 42.7 Å². The summed E-state index contributed by atoms with van der Waals surface area (Å²) < 4.78 is 17.1. The lowest BCUT2D eigenvalue weighted by Crippen LogP contribution is -2.50. The van der Waals surface area contributed by atoms with Crippen molar-refractivity contribution in [3.8, 4) is 0 Å². The van der Waals surface area contributed by atoms with Crippen molar-refractivity contribution in [1.29, 1.82) is 0 Å². The number of carboxylic acids is 1. The number of carbonyl (C=O) groups is 3. The Balaban J connectivity index is 4.29. The van der Waals surface area contributed by atoms with Gasteiger partial charge in [-0.3, -0.25) is 9.59 Å². The maximum absolute atomic E-state index is 12.7. The summed E-state index contributed by atoms with van der Waals surface area (Å²) in [5.74, 6) is -1.54. The Morgan fingerprint density at radius 2 is 1.12 bits per heavy atom. The third-order valence-electron chi connectivity index (χ3n) is 8.98. The van der Waals surface area contributed by atoms with E-state index in [1.807, 2.05) is 27.2 Å². The minimum atomic E-state index is -0.882. The van der Waals surface area contributed by atoms with Gasteiger partial charge in [-0.1, -0.05) is 133 Å². The van der Waals surface area contributed by atoms with Crippen LogP contribution in [-0.4, -0.2) is 80.6 Å². The molecule has 0 rings (SSSR count). The molecule has 52 heavy (non-hydrogen) atoms. The largest absolute Gasteiger partial charge is 0.477 e. The minimum Gasteiger partial charge on any atom is -0.477 e. The molecule has 0 fully saturated rings. The van der Waals surface area contributed by atoms with Gasteiger partial charge in [0.25, 0.3) is 0 Å². The molecule has 2 atom stereocenters. The van der Waals surface area contributed by atoms with Crippen LogP contribution in [0.4, 0.5) is 0 Å². The van der Waals surface area contributed by atoms with Crippen LogP contribution in [0.25, 0.3) is 0 Å². The molecule has 0 radical (unpaired) electrons. The van der Waals surface area contributed by atoms with E-state index < -0.39 is 18.1 Å². The van der Waals surface area contributed by atoms with E-state index in [1.54, 1.807) is 0 Å². The van der Waals surface area contributed by atoms with Gasteiger partial charge in [0, 0.05) is 19.3 Å². The SMILES string of the molecule is CC/C=C/C/C=C/C/C=C/CCCCCCCCCCCCC(=O)OC(COCCC(C(=O)O)[N+](C)(C)C)COC(=O)CC/C=C/CCCCCC. The van der Waals surface area contributed by atoms with Gasteiger partial charge >= 0.3 is 17.9 Å². The molecule has 0 aliphatic carbocycles. The van der Waals surface area contributed by atoms with Gasteiger partial charge in [-0.25, -0.2) is 4.79 Å². The van der Waals surface area contributed by atoms with Crippen molar-refractivity contribution in [2.75, 3.05) is 41.0 Å². The molecule has 0 aliphatic heterocycles. The number of hydrogen-bond donors (Lipinski definition) is 1. The highest BCUT2D eigenvalue weighted by Crippen LogP contribution is 2.14. The van der Waals surface area contributed by atoms with Gasteiger partial charge in [0.15, 0.2) is 12.1 Å². The summed E-state index contributed by atoms with van der Waals surface area (Å²) in [5, 5.41) is 9.58. The van der Waals surface area contributed by atoms with Crippen LogP contribution in [0, 0.1) is 0 Å². The lowest BCUT2D eigenvalue weighted by molar-refractivity contribution is -0.887. The van der Waals surface area contributed by atoms with Crippen LogP contribution < -0.4 is 0 Å². The standard InChI is InChI=1S/C44H77NO7/c1-6-8-10-12-14-16-17-18-19-20-21-22-23-24-25-26-27-29-31-33-35-43(47)52-40(38-50-37-36-41(44(48)49)45(3,4)5)39-51-42(46)34-32-30-28-15-13-11-9-7-2/h8,10,14,16,18-19,28,30,40-41H,6-7,9,11-13,15,17,20-27,29,31-39H2,1-5H3/p+1/b10-8+,16-14+,19-18+,30-28+. The zero-order valence-electron chi connectivity index (χ0n) is 34.0. The summed E-state index contributed by atoms with van der Waals surface area (Å²) >= 11 is 0. The maximum Gasteiger partial charge on any atom is 0.362 e. The van der Waals surface area contributed by atoms with E-state index in [9.17, 15) is 19.5 Å². The molecule has 0 aromatic carbocycles. The number of aliphatic carboxylic acids is 1. The van der Waals surface area contributed by atoms with Crippen molar-refractivity contribution in [3.05, 3.63) is 48.6 Å². The van der Waals surface area contributed by atoms with E-state index in [1.165, 1.54) is 77.0 Å². The molecule has 0 aromatic heterocycles. The topological polar surface area (TPSA) is 99.1 Å². The lowest BCUT2D eigenvalue weighted by atomic mass is 10.0. The van der Waals surface area contributed by atoms with Crippen LogP contribution >= 0.6 is 0 Å². The number of unbranched alkanes of at least 4 members (excludes halogenated alkanes) is 14. The highest BCUT2D eigenvalue weighted by Gasteiger charge is 2.31. The average molecular weight is 733 g/mol. The zero-order valence-corrected chi connectivity index (χ0v) is 34.0. The third kappa shape index (κ3) is 33.1. The van der Waals surface area contributed by atoms with Crippen LogP contribution in [0.5, 0.6) is 0 Å². The molecule has 0 amide bonds. The average Bonchev–Trinajstić information content (AvgIpc) is 3.09. The number of nitrogens with zero attached hydrogens (tertiary/aromatic N) is 1. The minimum absolute atomic E-state index is 0.0475. The van der Waals surface area contributed by atoms with Gasteiger partial charge in [0.05, 0.1) is 34.4 Å². The molecule has 300 valence electrons. The smallest absolute Gasteiger partial charge is 0.362 e. The number of quaternary nitrogens is 1. The quantitative estimate of drug-likeness (QED) is 0.0296. The normalized spacial score (nSPS) is 13.5. The Bertz CT molecular complexity index is 995. The van der Waals surface area contributed by atoms with E-state index in [4.69, 9.17) is 14.2 Å². The molecule has 0 heterocycles. The molecule has 0 aromatic rings. The molecule has 0 bridgehead atoms. The van der Waals surface area contributed by atoms with Crippen LogP contribution in [0.3, 0.4) is 0 Å². The molecule has 0 saturated heterocycles. The van der Waals surface area contributed by atoms with E-state index in [0.717, 1.165) is 44.9 Å². The number of ether oxygens (including phenoxy) is 3. The van der Waals surface area contributed by atoms with E-state index in [2.05, 4.69) is 56.4 Å². The van der Waals surface area contributed by atoms with Crippen molar-refractivity contribution in [2.45, 2.75) is 174 Å². The fraction of sp³-hybridized carbons (Fsp3) is 0.750. The van der Waals surface area contributed by atoms with E-state index >= 15 is 0 Å². The molecule has 1 N–H and O–H groups in total. The fourth-order valence-electron chi connectivity index (χ4n) is 5.77. The van der Waals surface area contributed by atoms with Crippen LogP contribution in [0.1, 0.15) is 162 Å². The van der Waals surface area contributed by atoms with Crippen molar-refractivity contribution >= 4 is 17.9 Å². The van der Waals surface area contributed by atoms with Gasteiger partial charge in [0.1, 0.15) is 6.61 Å². The summed E-state index contributed by atoms with van der Waals surface area (Å²) in [4.78, 5) is 36.7. The first-order chi connectivity index (χ1) is 25.1. The molecule has 0 saturated carbocycles. The third-order valence-corrected chi connectivity index (χ3v) is 8.98. The second kappa shape index (κ2) is 35.3. The van der Waals surface area contributed by atoms with E-state index in [0.29, 0.717) is 19.3 Å². The maximum atomic E-state index is 12.7. The number of rotatable bonds is 36. The number of esters is 2. The summed E-state index contributed by atoms with van der Waals surface area (Å²) in [6.07, 6.45) is 40.3. The summed E-state index contributed by atoms with van der Waals surface area (Å²) in [6, 6.07) is -0.618. The number of hydrogen-bond acceptors (Lipinski definition) is 6. The molecule has 0 spiro atoms. The monoisotopic (exact) mass is 733 g/mol. The molecular formula is C44H78NO7+. The van der Waals surface area contributed by atoms with Crippen LogP contribution in [-0.2, 0) is 28.6 Å². The first-order valence-corrected chi connectivity index (χ1v) is 20.7. The van der Waals surface area contributed by atoms with Gasteiger partial charge in [-0.2, -0.15) is 0 Å². The predicted octanol–water partition coefficient (Wildman–Crippen LogP) is 10.9. The Hall–Kier alpha value is -2.71. The first-order valence-electron chi connectivity index (χ1n) is 20.7. The number of allylic oxidation sites excluding steroid dienone is 8. The van der Waals surface area contributed by atoms with Crippen molar-refractivity contribution in [3.63, 3.8) is 0 Å². The highest BCUT2D eigenvalue weighted by atomic mass is 16.6. The predicted molar refractivity (Wildman–Crippen MR) is 215 cm³/mol. The summed E-state index contributed by atoms with van der Waals surface area (Å²) in [7, 11) is 5.50. The van der Waals surface area contributed by atoms with Gasteiger partial charge < -0.3 is 23.8 Å². The Morgan fingerprint density at radius 3 is 1.69 bits per heavy atom. The zero-order chi connectivity index (χ0) is 38.5. The molecule has 0 aliphatic rings. The van der Waals surface area contributed by atoms with Crippen LogP contribution in [0.15, 0.2) is 48.6 Å². The van der Waals surface area contributed by atoms with Crippen molar-refractivity contribution in [1.82, 2.24) is 0 Å². The molecule has 8 nitrogen and oxygen atoms in total. The number of carbonyl (C=O) groups excluding carboxylic acids is 2. The lowest BCUT2D eigenvalue weighted by Gasteiger charge is -2.31. The Labute approximate surface area is 318 Å². The first kappa shape index (κ1) is 49.3. The summed E-state index contributed by atoms with van der Waals surface area (Å²) in [6.45, 7) is 4.53. The second-order valence-electron chi connectivity index (χ2n) is 14.9. The molecular weight excluding hydrogens is 654 g/mol. The number of likely N-dealkylation sites (N-methyl/N-ethyl adjacent to an activating group) is 1. The van der Waals surface area contributed by atoms with Gasteiger partial charge in [0.2, 0.25) is 0 Å². The highest BCUT2D eigenvalue weighted by molar-refractivity contribution is 5.72. The van der Waals surface area contributed by atoms with Gasteiger partial charge in [-0.05, 0) is 57.8 Å². The summed E-state index contributed by atoms with van der Waals surface area (Å²) in [5.41, 5.74) is 0. The van der Waals surface area contributed by atoms with Crippen molar-refractivity contribution in [2.24, 2.45) is 0 Å². The Kier molecular flexibility index (Phi) is 33.5. The van der Waals surface area contributed by atoms with Crippen molar-refractivity contribution < 1.29 is 38.2 Å². The van der Waals surface area contributed by atoms with Gasteiger partial charge in [-0.15, -0.1) is 0 Å². The van der Waals surface area contributed by atoms with Crippen LogP contribution in [0.2, 0.25) is 0 Å². The molecule has 2 unspecified atom stereocenters. The Morgan fingerprint density at radius 1 is 0.596 bits per heavy atom.